The van der Waals surface area contributed by atoms with Gasteiger partial charge in [0.1, 0.15) is 12.3 Å². The molecule has 0 spiro atoms. The maximum atomic E-state index is 13.4. The summed E-state index contributed by atoms with van der Waals surface area (Å²) in [6, 6.07) is 12.1. The van der Waals surface area contributed by atoms with Crippen LogP contribution in [0.25, 0.3) is 0 Å². The normalized spacial score (nSPS) is 12.2. The molecule has 0 bridgehead atoms. The molecule has 1 aromatic heterocycles. The molecular formula is C26H39N3O3. The van der Waals surface area contributed by atoms with E-state index in [0.29, 0.717) is 13.1 Å². The minimum Gasteiger partial charge on any atom is -0.497 e. The molecule has 0 N–H and O–H groups in total. The molecule has 6 nitrogen and oxygen atoms in total. The van der Waals surface area contributed by atoms with Gasteiger partial charge < -0.3 is 19.1 Å². The van der Waals surface area contributed by atoms with E-state index in [0.717, 1.165) is 23.4 Å². The second kappa shape index (κ2) is 11.7. The van der Waals surface area contributed by atoms with E-state index in [1.54, 1.807) is 12.0 Å². The number of carbonyl (C=O) groups excluding carboxylic acids is 2. The van der Waals surface area contributed by atoms with Crippen LogP contribution in [-0.2, 0) is 22.7 Å². The van der Waals surface area contributed by atoms with Crippen LogP contribution in [0.5, 0.6) is 5.75 Å². The van der Waals surface area contributed by atoms with Gasteiger partial charge in [-0.15, -0.1) is 0 Å². The molecule has 0 saturated carbocycles. The van der Waals surface area contributed by atoms with E-state index in [-0.39, 0.29) is 36.4 Å². The van der Waals surface area contributed by atoms with Crippen molar-refractivity contribution in [2.75, 3.05) is 13.7 Å². The Kier molecular flexibility index (Phi) is 9.36. The van der Waals surface area contributed by atoms with Crippen molar-refractivity contribution < 1.29 is 14.3 Å². The Hall–Kier alpha value is -2.76. The van der Waals surface area contributed by atoms with Gasteiger partial charge >= 0.3 is 0 Å². The maximum absolute atomic E-state index is 13.4. The van der Waals surface area contributed by atoms with Crippen LogP contribution >= 0.6 is 0 Å². The zero-order valence-corrected chi connectivity index (χ0v) is 20.7. The molecule has 0 fully saturated rings. The van der Waals surface area contributed by atoms with E-state index in [1.165, 1.54) is 0 Å². The summed E-state index contributed by atoms with van der Waals surface area (Å²) in [6.45, 7) is 13.1. The smallest absolute Gasteiger partial charge is 0.242 e. The lowest BCUT2D eigenvalue weighted by Gasteiger charge is -2.34. The van der Waals surface area contributed by atoms with Crippen molar-refractivity contribution >= 4 is 11.8 Å². The molecule has 0 saturated heterocycles. The summed E-state index contributed by atoms with van der Waals surface area (Å²) < 4.78 is 7.51. The number of amides is 2. The molecule has 1 unspecified atom stereocenters. The lowest BCUT2D eigenvalue weighted by molar-refractivity contribution is -0.145. The Morgan fingerprint density at radius 2 is 1.75 bits per heavy atom. The molecule has 1 heterocycles. The third kappa shape index (κ3) is 6.62. The van der Waals surface area contributed by atoms with Crippen LogP contribution in [0.4, 0.5) is 0 Å². The Morgan fingerprint density at radius 3 is 2.34 bits per heavy atom. The average Bonchev–Trinajstić information content (AvgIpc) is 3.20. The van der Waals surface area contributed by atoms with Crippen molar-refractivity contribution in [2.45, 2.75) is 73.1 Å². The number of hydrogen-bond acceptors (Lipinski definition) is 3. The molecular weight excluding hydrogens is 402 g/mol. The van der Waals surface area contributed by atoms with Crippen LogP contribution in [0.15, 0.2) is 42.6 Å². The van der Waals surface area contributed by atoms with Crippen LogP contribution in [0, 0.1) is 5.92 Å². The number of nitrogens with zero attached hydrogens (tertiary/aromatic N) is 3. The van der Waals surface area contributed by atoms with Crippen molar-refractivity contribution in [3.05, 3.63) is 53.9 Å². The van der Waals surface area contributed by atoms with Gasteiger partial charge in [0, 0.05) is 36.4 Å². The quantitative estimate of drug-likeness (QED) is 0.513. The number of carbonyl (C=O) groups is 2. The van der Waals surface area contributed by atoms with E-state index in [2.05, 4.69) is 30.5 Å². The summed E-state index contributed by atoms with van der Waals surface area (Å²) in [4.78, 5) is 29.6. The third-order valence-electron chi connectivity index (χ3n) is 5.89. The van der Waals surface area contributed by atoms with Gasteiger partial charge in [-0.05, 0) is 57.0 Å². The van der Waals surface area contributed by atoms with Gasteiger partial charge in [-0.3, -0.25) is 9.59 Å². The highest BCUT2D eigenvalue weighted by Crippen LogP contribution is 2.18. The number of methoxy groups -OCH3 is 1. The molecule has 2 aromatic rings. The van der Waals surface area contributed by atoms with E-state index in [1.807, 2.05) is 63.1 Å². The fourth-order valence-electron chi connectivity index (χ4n) is 3.68. The first-order chi connectivity index (χ1) is 15.2. The van der Waals surface area contributed by atoms with E-state index < -0.39 is 0 Å². The summed E-state index contributed by atoms with van der Waals surface area (Å²) in [6.07, 6.45) is 2.89. The topological polar surface area (TPSA) is 54.8 Å². The van der Waals surface area contributed by atoms with Gasteiger partial charge in [-0.2, -0.15) is 0 Å². The van der Waals surface area contributed by atoms with Crippen LogP contribution in [0.2, 0.25) is 0 Å². The highest BCUT2D eigenvalue weighted by Gasteiger charge is 2.27. The SMILES string of the molecule is CCC(C)N(Cc1cccn1Cc1cccc(OC)c1)C(=O)CN(C(=O)C(C)C)C(C)C. The lowest BCUT2D eigenvalue weighted by Crippen LogP contribution is -2.49. The van der Waals surface area contributed by atoms with Crippen molar-refractivity contribution in [2.24, 2.45) is 5.92 Å². The highest BCUT2D eigenvalue weighted by atomic mass is 16.5. The van der Waals surface area contributed by atoms with Gasteiger partial charge in [0.25, 0.3) is 0 Å². The molecule has 6 heteroatoms. The van der Waals surface area contributed by atoms with Crippen molar-refractivity contribution in [1.29, 1.82) is 0 Å². The molecule has 1 aromatic carbocycles. The second-order valence-corrected chi connectivity index (χ2v) is 8.97. The fourth-order valence-corrected chi connectivity index (χ4v) is 3.68. The van der Waals surface area contributed by atoms with Crippen LogP contribution in [0.3, 0.4) is 0 Å². The number of ether oxygens (including phenoxy) is 1. The molecule has 2 rings (SSSR count). The Labute approximate surface area is 193 Å². The molecule has 1 atom stereocenters. The molecule has 0 aliphatic carbocycles. The van der Waals surface area contributed by atoms with Gasteiger partial charge in [0.15, 0.2) is 0 Å². The average molecular weight is 442 g/mol. The van der Waals surface area contributed by atoms with E-state index >= 15 is 0 Å². The van der Waals surface area contributed by atoms with Crippen molar-refractivity contribution in [3.8, 4) is 5.75 Å². The standard InChI is InChI=1S/C26H39N3O3/c1-8-21(6)29(25(30)18-28(20(4)5)26(31)19(2)3)17-23-12-10-14-27(23)16-22-11-9-13-24(15-22)32-7/h9-15,19-21H,8,16-18H2,1-7H3. The summed E-state index contributed by atoms with van der Waals surface area (Å²) >= 11 is 0. The maximum Gasteiger partial charge on any atom is 0.242 e. The van der Waals surface area contributed by atoms with Crippen LogP contribution in [-0.4, -0.2) is 51.9 Å². The minimum absolute atomic E-state index is 0.0128. The molecule has 0 radical (unpaired) electrons. The number of benzene rings is 1. The molecule has 0 aliphatic heterocycles. The Bertz CT molecular complexity index is 888. The zero-order chi connectivity index (χ0) is 23.8. The first-order valence-electron chi connectivity index (χ1n) is 11.5. The third-order valence-corrected chi connectivity index (χ3v) is 5.89. The summed E-state index contributed by atoms with van der Waals surface area (Å²) in [5.74, 6) is 0.689. The predicted octanol–water partition coefficient (Wildman–Crippen LogP) is 4.57. The number of hydrogen-bond donors (Lipinski definition) is 0. The van der Waals surface area contributed by atoms with Crippen LogP contribution in [0.1, 0.15) is 59.2 Å². The summed E-state index contributed by atoms with van der Waals surface area (Å²) in [7, 11) is 1.67. The molecule has 0 aliphatic rings. The molecule has 176 valence electrons. The Balaban J connectivity index is 2.22. The largest absolute Gasteiger partial charge is 0.497 e. The minimum atomic E-state index is -0.137. The fraction of sp³-hybridized carbons (Fsp3) is 0.538. The van der Waals surface area contributed by atoms with E-state index in [4.69, 9.17) is 4.74 Å². The summed E-state index contributed by atoms with van der Waals surface area (Å²) in [5.41, 5.74) is 2.20. The van der Waals surface area contributed by atoms with Gasteiger partial charge in [-0.1, -0.05) is 32.9 Å². The lowest BCUT2D eigenvalue weighted by atomic mass is 10.1. The zero-order valence-electron chi connectivity index (χ0n) is 20.7. The van der Waals surface area contributed by atoms with Crippen molar-refractivity contribution in [3.63, 3.8) is 0 Å². The van der Waals surface area contributed by atoms with E-state index in [9.17, 15) is 9.59 Å². The van der Waals surface area contributed by atoms with Gasteiger partial charge in [0.2, 0.25) is 11.8 Å². The molecule has 2 amide bonds. The van der Waals surface area contributed by atoms with Crippen LogP contribution < -0.4 is 4.74 Å². The second-order valence-electron chi connectivity index (χ2n) is 8.97. The predicted molar refractivity (Wildman–Crippen MR) is 129 cm³/mol. The number of rotatable bonds is 11. The molecule has 32 heavy (non-hydrogen) atoms. The summed E-state index contributed by atoms with van der Waals surface area (Å²) in [5, 5.41) is 0. The first kappa shape index (κ1) is 25.5. The van der Waals surface area contributed by atoms with Gasteiger partial charge in [-0.25, -0.2) is 0 Å². The Morgan fingerprint density at radius 1 is 1.03 bits per heavy atom. The van der Waals surface area contributed by atoms with Crippen molar-refractivity contribution in [1.82, 2.24) is 14.4 Å². The van der Waals surface area contributed by atoms with Gasteiger partial charge in [0.05, 0.1) is 13.7 Å². The first-order valence-corrected chi connectivity index (χ1v) is 11.5. The highest BCUT2D eigenvalue weighted by molar-refractivity contribution is 5.86. The monoisotopic (exact) mass is 441 g/mol. The number of aromatic nitrogens is 1.